The number of benzene rings is 1. The van der Waals surface area contributed by atoms with Gasteiger partial charge in [0.1, 0.15) is 0 Å². The fraction of sp³-hybridized carbons (Fsp3) is 0.353. The summed E-state index contributed by atoms with van der Waals surface area (Å²) < 4.78 is 0. The highest BCUT2D eigenvalue weighted by atomic mass is 32.1. The predicted molar refractivity (Wildman–Crippen MR) is 85.4 cm³/mol. The van der Waals surface area contributed by atoms with Crippen LogP contribution in [0.3, 0.4) is 0 Å². The maximum atomic E-state index is 12.4. The summed E-state index contributed by atoms with van der Waals surface area (Å²) in [7, 11) is 1.86. The molecule has 3 heteroatoms. The molecule has 0 bridgehead atoms. The van der Waals surface area contributed by atoms with Crippen LogP contribution in [0.25, 0.3) is 0 Å². The summed E-state index contributed by atoms with van der Waals surface area (Å²) in [5.41, 5.74) is 3.27. The molecule has 2 rings (SSSR count). The van der Waals surface area contributed by atoms with Gasteiger partial charge in [-0.2, -0.15) is 0 Å². The van der Waals surface area contributed by atoms with Crippen molar-refractivity contribution in [1.29, 1.82) is 0 Å². The van der Waals surface area contributed by atoms with Crippen molar-refractivity contribution >= 4 is 17.2 Å². The molecule has 0 fully saturated rings. The van der Waals surface area contributed by atoms with Crippen molar-refractivity contribution in [3.63, 3.8) is 0 Å². The topological polar surface area (TPSA) is 20.3 Å². The second-order valence-corrected chi connectivity index (χ2v) is 6.47. The summed E-state index contributed by atoms with van der Waals surface area (Å²) in [6.45, 7) is 7.07. The Balaban J connectivity index is 2.08. The summed E-state index contributed by atoms with van der Waals surface area (Å²) in [5, 5.41) is 2.07. The van der Waals surface area contributed by atoms with Gasteiger partial charge in [-0.1, -0.05) is 26.0 Å². The van der Waals surface area contributed by atoms with Gasteiger partial charge in [0.25, 0.3) is 5.91 Å². The molecule has 2 nitrogen and oxygen atoms in total. The third-order valence-electron chi connectivity index (χ3n) is 3.52. The van der Waals surface area contributed by atoms with Crippen LogP contribution in [0.1, 0.15) is 46.1 Å². The Morgan fingerprint density at radius 2 is 1.85 bits per heavy atom. The minimum absolute atomic E-state index is 0.0770. The van der Waals surface area contributed by atoms with Gasteiger partial charge in [-0.05, 0) is 47.5 Å². The number of hydrogen-bond acceptors (Lipinski definition) is 2. The third-order valence-corrected chi connectivity index (χ3v) is 4.53. The molecule has 0 unspecified atom stereocenters. The first-order valence-electron chi connectivity index (χ1n) is 6.87. The number of carbonyl (C=O) groups excluding carboxylic acids is 1. The molecule has 1 aromatic heterocycles. The molecule has 0 aliphatic rings. The molecule has 1 aromatic carbocycles. The van der Waals surface area contributed by atoms with Gasteiger partial charge in [-0.3, -0.25) is 4.79 Å². The molecule has 1 heterocycles. The lowest BCUT2D eigenvalue weighted by atomic mass is 10.0. The number of amides is 1. The van der Waals surface area contributed by atoms with Gasteiger partial charge >= 0.3 is 0 Å². The second-order valence-electron chi connectivity index (χ2n) is 5.46. The van der Waals surface area contributed by atoms with Crippen LogP contribution in [-0.4, -0.2) is 17.9 Å². The van der Waals surface area contributed by atoms with E-state index in [1.165, 1.54) is 16.0 Å². The van der Waals surface area contributed by atoms with Crippen LogP contribution in [0.5, 0.6) is 0 Å². The Kier molecular flexibility index (Phi) is 4.61. The zero-order valence-electron chi connectivity index (χ0n) is 12.5. The van der Waals surface area contributed by atoms with E-state index in [-0.39, 0.29) is 5.91 Å². The molecule has 0 saturated heterocycles. The van der Waals surface area contributed by atoms with Gasteiger partial charge in [0.05, 0.1) is 6.54 Å². The number of hydrogen-bond donors (Lipinski definition) is 0. The van der Waals surface area contributed by atoms with Gasteiger partial charge < -0.3 is 4.90 Å². The molecule has 106 valence electrons. The van der Waals surface area contributed by atoms with Crippen LogP contribution in [0.15, 0.2) is 35.7 Å². The lowest BCUT2D eigenvalue weighted by Gasteiger charge is -2.17. The quantitative estimate of drug-likeness (QED) is 0.813. The van der Waals surface area contributed by atoms with Crippen molar-refractivity contribution in [2.75, 3.05) is 7.05 Å². The highest BCUT2D eigenvalue weighted by molar-refractivity contribution is 7.10. The van der Waals surface area contributed by atoms with E-state index >= 15 is 0 Å². The molecule has 0 aliphatic carbocycles. The highest BCUT2D eigenvalue weighted by Gasteiger charge is 2.13. The van der Waals surface area contributed by atoms with Gasteiger partial charge in [0.15, 0.2) is 0 Å². The van der Waals surface area contributed by atoms with Crippen molar-refractivity contribution in [2.24, 2.45) is 0 Å². The smallest absolute Gasteiger partial charge is 0.253 e. The van der Waals surface area contributed by atoms with Crippen LogP contribution in [0.2, 0.25) is 0 Å². The number of carbonyl (C=O) groups is 1. The molecule has 0 saturated carbocycles. The first kappa shape index (κ1) is 14.8. The van der Waals surface area contributed by atoms with Gasteiger partial charge in [0, 0.05) is 17.5 Å². The largest absolute Gasteiger partial charge is 0.337 e. The summed E-state index contributed by atoms with van der Waals surface area (Å²) in [5.74, 6) is 0.568. The van der Waals surface area contributed by atoms with Crippen molar-refractivity contribution in [3.8, 4) is 0 Å². The molecular weight excluding hydrogens is 266 g/mol. The van der Waals surface area contributed by atoms with E-state index in [2.05, 4.69) is 32.2 Å². The SMILES string of the molecule is Cc1ccsc1CN(C)C(=O)c1ccc(C(C)C)cc1. The molecule has 0 radical (unpaired) electrons. The minimum atomic E-state index is 0.0770. The van der Waals surface area contributed by atoms with E-state index in [0.717, 1.165) is 5.56 Å². The molecular formula is C17H21NOS. The van der Waals surface area contributed by atoms with Gasteiger partial charge in [-0.25, -0.2) is 0 Å². The van der Waals surface area contributed by atoms with Gasteiger partial charge in [-0.15, -0.1) is 11.3 Å². The summed E-state index contributed by atoms with van der Waals surface area (Å²) >= 11 is 1.70. The fourth-order valence-electron chi connectivity index (χ4n) is 2.08. The third kappa shape index (κ3) is 3.28. The first-order valence-corrected chi connectivity index (χ1v) is 7.75. The van der Waals surface area contributed by atoms with E-state index in [1.54, 1.807) is 16.2 Å². The Bertz CT molecular complexity index is 583. The van der Waals surface area contributed by atoms with E-state index in [4.69, 9.17) is 0 Å². The average Bonchev–Trinajstić information content (AvgIpc) is 2.83. The predicted octanol–water partition coefficient (Wildman–Crippen LogP) is 4.45. The number of rotatable bonds is 4. The molecule has 0 N–H and O–H groups in total. The van der Waals surface area contributed by atoms with Crippen molar-refractivity contribution in [1.82, 2.24) is 4.90 Å². The first-order chi connectivity index (χ1) is 9.49. The number of thiophene rings is 1. The van der Waals surface area contributed by atoms with E-state index < -0.39 is 0 Å². The minimum Gasteiger partial charge on any atom is -0.337 e. The summed E-state index contributed by atoms with van der Waals surface area (Å²) in [4.78, 5) is 15.4. The summed E-state index contributed by atoms with van der Waals surface area (Å²) in [6, 6.07) is 10.0. The fourth-order valence-corrected chi connectivity index (χ4v) is 3.04. The molecule has 0 aliphatic heterocycles. The zero-order chi connectivity index (χ0) is 14.7. The zero-order valence-corrected chi connectivity index (χ0v) is 13.3. The standard InChI is InChI=1S/C17H21NOS/c1-12(2)14-5-7-15(8-6-14)17(19)18(4)11-16-13(3)9-10-20-16/h5-10,12H,11H2,1-4H3. The van der Waals surface area contributed by atoms with Crippen LogP contribution in [0, 0.1) is 6.92 Å². The monoisotopic (exact) mass is 287 g/mol. The van der Waals surface area contributed by atoms with Crippen LogP contribution in [0.4, 0.5) is 0 Å². The Labute approximate surface area is 125 Å². The molecule has 2 aromatic rings. The van der Waals surface area contributed by atoms with E-state index in [9.17, 15) is 4.79 Å². The molecule has 1 amide bonds. The van der Waals surface area contributed by atoms with Crippen LogP contribution < -0.4 is 0 Å². The number of nitrogens with zero attached hydrogens (tertiary/aromatic N) is 1. The van der Waals surface area contributed by atoms with Crippen molar-refractivity contribution in [3.05, 3.63) is 57.3 Å². The number of aryl methyl sites for hydroxylation is 1. The lowest BCUT2D eigenvalue weighted by molar-refractivity contribution is 0.0786. The Morgan fingerprint density at radius 1 is 1.20 bits per heavy atom. The Morgan fingerprint density at radius 3 is 2.35 bits per heavy atom. The molecule has 0 spiro atoms. The summed E-state index contributed by atoms with van der Waals surface area (Å²) in [6.07, 6.45) is 0. The normalized spacial score (nSPS) is 10.8. The second kappa shape index (κ2) is 6.23. The average molecular weight is 287 g/mol. The maximum Gasteiger partial charge on any atom is 0.253 e. The Hall–Kier alpha value is -1.61. The van der Waals surface area contributed by atoms with Gasteiger partial charge in [0.2, 0.25) is 0 Å². The van der Waals surface area contributed by atoms with Crippen molar-refractivity contribution < 1.29 is 4.79 Å². The molecule has 20 heavy (non-hydrogen) atoms. The van der Waals surface area contributed by atoms with E-state index in [1.807, 2.05) is 31.3 Å². The van der Waals surface area contributed by atoms with E-state index in [0.29, 0.717) is 12.5 Å². The highest BCUT2D eigenvalue weighted by Crippen LogP contribution is 2.19. The maximum absolute atomic E-state index is 12.4. The lowest BCUT2D eigenvalue weighted by Crippen LogP contribution is -2.26. The van der Waals surface area contributed by atoms with Crippen LogP contribution in [-0.2, 0) is 6.54 Å². The van der Waals surface area contributed by atoms with Crippen molar-refractivity contribution in [2.45, 2.75) is 33.2 Å². The van der Waals surface area contributed by atoms with Crippen LogP contribution >= 0.6 is 11.3 Å². The molecule has 0 atom stereocenters.